The van der Waals surface area contributed by atoms with Crippen LogP contribution in [0.1, 0.15) is 29.5 Å². The molecule has 1 saturated heterocycles. The van der Waals surface area contributed by atoms with Gasteiger partial charge in [0.2, 0.25) is 0 Å². The highest BCUT2D eigenvalue weighted by molar-refractivity contribution is 14.0. The Labute approximate surface area is 213 Å². The summed E-state index contributed by atoms with van der Waals surface area (Å²) in [6, 6.07) is 14.2. The molecule has 1 aliphatic heterocycles. The molecule has 1 heterocycles. The minimum Gasteiger partial charge on any atom is -0.497 e. The minimum absolute atomic E-state index is 0. The molecule has 2 aromatic rings. The van der Waals surface area contributed by atoms with Crippen molar-refractivity contribution in [2.24, 2.45) is 4.99 Å². The maximum atomic E-state index is 6.31. The zero-order chi connectivity index (χ0) is 21.9. The number of aliphatic imine (C=N–C) groups is 1. The zero-order valence-corrected chi connectivity index (χ0v) is 21.8. The van der Waals surface area contributed by atoms with Crippen LogP contribution in [-0.4, -0.2) is 46.0 Å². The Hall–Kier alpha value is -1.55. The summed E-state index contributed by atoms with van der Waals surface area (Å²) in [5.41, 5.74) is 3.45. The van der Waals surface area contributed by atoms with Crippen LogP contribution in [-0.2, 0) is 29.0 Å². The minimum atomic E-state index is 0. The summed E-state index contributed by atoms with van der Waals surface area (Å²) in [6.45, 7) is 3.68. The summed E-state index contributed by atoms with van der Waals surface area (Å²) >= 11 is 6.31. The van der Waals surface area contributed by atoms with Gasteiger partial charge in [-0.3, -0.25) is 4.99 Å². The van der Waals surface area contributed by atoms with Gasteiger partial charge in [0.15, 0.2) is 5.96 Å². The maximum Gasteiger partial charge on any atom is 0.191 e. The van der Waals surface area contributed by atoms with Crippen molar-refractivity contribution in [2.75, 3.05) is 33.9 Å². The highest BCUT2D eigenvalue weighted by atomic mass is 127. The molecule has 0 bridgehead atoms. The average Bonchev–Trinajstić information content (AvgIpc) is 2.82. The van der Waals surface area contributed by atoms with Crippen molar-refractivity contribution in [2.45, 2.75) is 38.5 Å². The fourth-order valence-corrected chi connectivity index (χ4v) is 3.65. The van der Waals surface area contributed by atoms with Crippen molar-refractivity contribution in [3.05, 3.63) is 64.2 Å². The first-order valence-electron chi connectivity index (χ1n) is 10.7. The smallest absolute Gasteiger partial charge is 0.191 e. The van der Waals surface area contributed by atoms with Crippen molar-refractivity contribution in [1.29, 1.82) is 0 Å². The van der Waals surface area contributed by atoms with E-state index in [4.69, 9.17) is 25.8 Å². The fraction of sp³-hybridized carbons (Fsp3) is 0.458. The molecule has 6 nitrogen and oxygen atoms in total. The van der Waals surface area contributed by atoms with E-state index in [-0.39, 0.29) is 24.0 Å². The molecule has 0 radical (unpaired) electrons. The van der Waals surface area contributed by atoms with Crippen molar-refractivity contribution >= 4 is 41.5 Å². The van der Waals surface area contributed by atoms with Crippen molar-refractivity contribution in [1.82, 2.24) is 10.6 Å². The van der Waals surface area contributed by atoms with E-state index in [0.717, 1.165) is 56.3 Å². The van der Waals surface area contributed by atoms with E-state index in [1.807, 2.05) is 18.2 Å². The molecule has 1 aliphatic rings. The Bertz CT molecular complexity index is 843. The van der Waals surface area contributed by atoms with Gasteiger partial charge < -0.3 is 24.8 Å². The zero-order valence-electron chi connectivity index (χ0n) is 18.7. The molecule has 2 N–H and O–H groups in total. The highest BCUT2D eigenvalue weighted by Gasteiger charge is 2.13. The summed E-state index contributed by atoms with van der Waals surface area (Å²) < 4.78 is 16.5. The van der Waals surface area contributed by atoms with Crippen molar-refractivity contribution in [3.63, 3.8) is 0 Å². The van der Waals surface area contributed by atoms with Gasteiger partial charge in [-0.05, 0) is 48.1 Å². The lowest BCUT2D eigenvalue weighted by Gasteiger charge is -2.22. The largest absolute Gasteiger partial charge is 0.497 e. The number of rotatable bonds is 9. The predicted octanol–water partition coefficient (Wildman–Crippen LogP) is 4.57. The van der Waals surface area contributed by atoms with Crippen LogP contribution < -0.4 is 15.4 Å². The summed E-state index contributed by atoms with van der Waals surface area (Å²) in [4.78, 5) is 4.29. The maximum absolute atomic E-state index is 6.31. The van der Waals surface area contributed by atoms with Crippen LogP contribution in [0.25, 0.3) is 0 Å². The van der Waals surface area contributed by atoms with E-state index in [1.54, 1.807) is 14.2 Å². The quantitative estimate of drug-likeness (QED) is 0.261. The van der Waals surface area contributed by atoms with Crippen molar-refractivity contribution in [3.8, 4) is 5.75 Å². The van der Waals surface area contributed by atoms with E-state index in [0.29, 0.717) is 24.3 Å². The number of guanidine groups is 1. The van der Waals surface area contributed by atoms with Gasteiger partial charge in [-0.25, -0.2) is 0 Å². The third kappa shape index (κ3) is 8.77. The molecule has 0 aliphatic carbocycles. The van der Waals surface area contributed by atoms with Crippen LogP contribution in [0.15, 0.2) is 47.5 Å². The fourth-order valence-electron chi connectivity index (χ4n) is 3.39. The third-order valence-electron chi connectivity index (χ3n) is 5.31. The van der Waals surface area contributed by atoms with Crippen LogP contribution in [0, 0.1) is 0 Å². The number of halogens is 2. The number of hydrogen-bond donors (Lipinski definition) is 2. The Morgan fingerprint density at radius 2 is 1.81 bits per heavy atom. The van der Waals surface area contributed by atoms with E-state index in [2.05, 4.69) is 39.9 Å². The molecule has 1 fully saturated rings. The molecule has 0 spiro atoms. The predicted molar refractivity (Wildman–Crippen MR) is 140 cm³/mol. The molecular weight excluding hydrogens is 541 g/mol. The van der Waals surface area contributed by atoms with Gasteiger partial charge in [0.25, 0.3) is 0 Å². The Morgan fingerprint density at radius 3 is 2.47 bits per heavy atom. The lowest BCUT2D eigenvalue weighted by atomic mass is 10.1. The first kappa shape index (κ1) is 26.7. The Balaban J connectivity index is 0.00000363. The average molecular weight is 574 g/mol. The monoisotopic (exact) mass is 573 g/mol. The number of nitrogens with zero attached hydrogens (tertiary/aromatic N) is 1. The molecule has 0 atom stereocenters. The second kappa shape index (κ2) is 14.6. The van der Waals surface area contributed by atoms with Gasteiger partial charge in [-0.15, -0.1) is 24.0 Å². The third-order valence-corrected chi connectivity index (χ3v) is 5.66. The van der Waals surface area contributed by atoms with Gasteiger partial charge in [-0.1, -0.05) is 41.9 Å². The molecule has 8 heteroatoms. The molecule has 0 aromatic heterocycles. The Morgan fingerprint density at radius 1 is 1.09 bits per heavy atom. The molecule has 0 unspecified atom stereocenters. The second-order valence-electron chi connectivity index (χ2n) is 7.50. The topological polar surface area (TPSA) is 64.1 Å². The van der Waals surface area contributed by atoms with E-state index >= 15 is 0 Å². The van der Waals surface area contributed by atoms with Crippen LogP contribution in [0.2, 0.25) is 5.02 Å². The van der Waals surface area contributed by atoms with Crippen LogP contribution in [0.4, 0.5) is 0 Å². The number of ether oxygens (including phenoxy) is 3. The van der Waals surface area contributed by atoms with E-state index in [9.17, 15) is 0 Å². The summed E-state index contributed by atoms with van der Waals surface area (Å²) in [5, 5.41) is 7.39. The van der Waals surface area contributed by atoms with E-state index < -0.39 is 0 Å². The second-order valence-corrected chi connectivity index (χ2v) is 7.91. The molecule has 3 rings (SSSR count). The summed E-state index contributed by atoms with van der Waals surface area (Å²) in [5.74, 6) is 1.52. The lowest BCUT2D eigenvalue weighted by molar-refractivity contribution is -0.0390. The first-order valence-corrected chi connectivity index (χ1v) is 11.1. The van der Waals surface area contributed by atoms with Crippen molar-refractivity contribution < 1.29 is 14.2 Å². The molecule has 176 valence electrons. The normalized spacial score (nSPS) is 14.5. The molecule has 0 saturated carbocycles. The number of hydrogen-bond acceptors (Lipinski definition) is 4. The van der Waals surface area contributed by atoms with E-state index in [1.165, 1.54) is 11.1 Å². The van der Waals surface area contributed by atoms with Gasteiger partial charge in [0.1, 0.15) is 5.75 Å². The summed E-state index contributed by atoms with van der Waals surface area (Å²) in [7, 11) is 3.41. The number of benzene rings is 2. The Kier molecular flexibility index (Phi) is 12.2. The SMILES string of the molecule is CN=C(NCCc1ccc(OC)cc1Cl)NCc1ccc(COC2CCOCC2)cc1.I. The lowest BCUT2D eigenvalue weighted by Crippen LogP contribution is -2.37. The van der Waals surface area contributed by atoms with Crippen LogP contribution in [0.3, 0.4) is 0 Å². The van der Waals surface area contributed by atoms with Crippen LogP contribution in [0.5, 0.6) is 5.75 Å². The molecule has 0 amide bonds. The van der Waals surface area contributed by atoms with Gasteiger partial charge in [0, 0.05) is 38.4 Å². The summed E-state index contributed by atoms with van der Waals surface area (Å²) in [6.07, 6.45) is 3.08. The standard InChI is InChI=1S/C24H32ClN3O3.HI/c1-26-24(27-12-9-20-7-8-22(29-2)15-23(20)25)28-16-18-3-5-19(6-4-18)17-31-21-10-13-30-14-11-21;/h3-8,15,21H,9-14,16-17H2,1-2H3,(H2,26,27,28);1H. The first-order chi connectivity index (χ1) is 15.2. The molecule has 32 heavy (non-hydrogen) atoms. The van der Waals surface area contributed by atoms with Gasteiger partial charge in [0.05, 0.1) is 19.8 Å². The number of nitrogens with one attached hydrogen (secondary N) is 2. The van der Waals surface area contributed by atoms with Crippen LogP contribution >= 0.6 is 35.6 Å². The molecule has 2 aromatic carbocycles. The van der Waals surface area contributed by atoms with Gasteiger partial charge >= 0.3 is 0 Å². The van der Waals surface area contributed by atoms with Gasteiger partial charge in [-0.2, -0.15) is 0 Å². The molecular formula is C24H33ClIN3O3. The highest BCUT2D eigenvalue weighted by Crippen LogP contribution is 2.22. The number of methoxy groups -OCH3 is 1.